The van der Waals surface area contributed by atoms with Gasteiger partial charge in [-0.25, -0.2) is 0 Å². The number of carbonyl (C=O) groups is 1. The van der Waals surface area contributed by atoms with Crippen LogP contribution in [0.25, 0.3) is 0 Å². The molecule has 0 saturated carbocycles. The predicted octanol–water partition coefficient (Wildman–Crippen LogP) is 2.29. The van der Waals surface area contributed by atoms with Crippen molar-refractivity contribution in [2.24, 2.45) is 0 Å². The Kier molecular flexibility index (Phi) is 3.03. The summed E-state index contributed by atoms with van der Waals surface area (Å²) in [6, 6.07) is 4.97. The average molecular weight is 245 g/mol. The highest BCUT2D eigenvalue weighted by atomic mass is 35.5. The molecule has 1 aromatic carbocycles. The first-order chi connectivity index (χ1) is 7.15. The molecule has 1 heterocycles. The Labute approximate surface area is 97.8 Å². The molecule has 0 aliphatic carbocycles. The fourth-order valence-corrected chi connectivity index (χ4v) is 2.10. The highest BCUT2D eigenvalue weighted by Crippen LogP contribution is 2.23. The minimum absolute atomic E-state index is 0.0195. The highest BCUT2D eigenvalue weighted by molar-refractivity contribution is 6.35. The summed E-state index contributed by atoms with van der Waals surface area (Å²) in [6.07, 6.45) is 0.781. The number of hydrogen-bond donors (Lipinski definition) is 2. The normalized spacial score (nSPS) is 20.1. The molecule has 0 bridgehead atoms. The zero-order valence-electron chi connectivity index (χ0n) is 7.89. The minimum Gasteiger partial charge on any atom is -0.374 e. The number of nitrogens with one attached hydrogen (secondary N) is 2. The van der Waals surface area contributed by atoms with Crippen LogP contribution in [-0.2, 0) is 4.79 Å². The van der Waals surface area contributed by atoms with E-state index >= 15 is 0 Å². The van der Waals surface area contributed by atoms with Gasteiger partial charge in [-0.15, -0.1) is 0 Å². The first-order valence-corrected chi connectivity index (χ1v) is 5.41. The van der Waals surface area contributed by atoms with Crippen LogP contribution < -0.4 is 10.6 Å². The molecule has 0 radical (unpaired) electrons. The fourth-order valence-electron chi connectivity index (χ4n) is 1.57. The molecule has 80 valence electrons. The lowest BCUT2D eigenvalue weighted by Gasteiger charge is -2.11. The number of rotatable bonds is 2. The Hall–Kier alpha value is -0.930. The molecule has 1 aliphatic rings. The Bertz CT molecular complexity index is 375. The second-order valence-electron chi connectivity index (χ2n) is 3.43. The van der Waals surface area contributed by atoms with E-state index in [1.54, 1.807) is 18.2 Å². The third-order valence-electron chi connectivity index (χ3n) is 2.25. The molecule has 1 aromatic rings. The smallest absolute Gasteiger partial charge is 0.242 e. The molecule has 15 heavy (non-hydrogen) atoms. The van der Waals surface area contributed by atoms with Gasteiger partial charge < -0.3 is 10.6 Å². The minimum atomic E-state index is -0.181. The maximum Gasteiger partial charge on any atom is 0.242 e. The lowest BCUT2D eigenvalue weighted by atomic mass is 10.2. The first kappa shape index (κ1) is 10.6. The van der Waals surface area contributed by atoms with Gasteiger partial charge in [-0.2, -0.15) is 0 Å². The quantitative estimate of drug-likeness (QED) is 0.839. The summed E-state index contributed by atoms with van der Waals surface area (Å²) in [5.41, 5.74) is 0.773. The van der Waals surface area contributed by atoms with Crippen molar-refractivity contribution in [3.8, 4) is 0 Å². The highest BCUT2D eigenvalue weighted by Gasteiger charge is 2.23. The summed E-state index contributed by atoms with van der Waals surface area (Å²) in [5, 5.41) is 6.96. The van der Waals surface area contributed by atoms with Gasteiger partial charge in [-0.3, -0.25) is 4.79 Å². The van der Waals surface area contributed by atoms with Gasteiger partial charge in [-0.05, 0) is 24.6 Å². The van der Waals surface area contributed by atoms with Gasteiger partial charge in [0, 0.05) is 22.3 Å². The van der Waals surface area contributed by atoms with Crippen molar-refractivity contribution in [2.45, 2.75) is 12.5 Å². The molecule has 1 saturated heterocycles. The van der Waals surface area contributed by atoms with E-state index in [1.165, 1.54) is 0 Å². The van der Waals surface area contributed by atoms with Crippen LogP contribution in [0.3, 0.4) is 0 Å². The largest absolute Gasteiger partial charge is 0.374 e. The van der Waals surface area contributed by atoms with Crippen molar-refractivity contribution < 1.29 is 4.79 Å². The Morgan fingerprint density at radius 1 is 1.27 bits per heavy atom. The van der Waals surface area contributed by atoms with Crippen LogP contribution in [-0.4, -0.2) is 18.5 Å². The summed E-state index contributed by atoms with van der Waals surface area (Å²) in [7, 11) is 0. The second kappa shape index (κ2) is 4.29. The van der Waals surface area contributed by atoms with Gasteiger partial charge in [0.2, 0.25) is 5.91 Å². The summed E-state index contributed by atoms with van der Waals surface area (Å²) in [6.45, 7) is 0.713. The van der Waals surface area contributed by atoms with Crippen LogP contribution in [0.1, 0.15) is 6.42 Å². The first-order valence-electron chi connectivity index (χ1n) is 4.65. The van der Waals surface area contributed by atoms with Gasteiger partial charge >= 0.3 is 0 Å². The lowest BCUT2D eigenvalue weighted by molar-refractivity contribution is -0.119. The van der Waals surface area contributed by atoms with E-state index in [0.717, 1.165) is 12.1 Å². The van der Waals surface area contributed by atoms with E-state index in [0.29, 0.717) is 16.6 Å². The molecular formula is C10H10Cl2N2O. The average Bonchev–Trinajstić information content (AvgIpc) is 2.50. The monoisotopic (exact) mass is 244 g/mol. The molecule has 3 nitrogen and oxygen atoms in total. The molecule has 0 aromatic heterocycles. The van der Waals surface area contributed by atoms with Gasteiger partial charge in [-0.1, -0.05) is 23.2 Å². The Morgan fingerprint density at radius 2 is 1.93 bits per heavy atom. The summed E-state index contributed by atoms with van der Waals surface area (Å²) in [4.78, 5) is 11.3. The maximum atomic E-state index is 11.3. The lowest BCUT2D eigenvalue weighted by Crippen LogP contribution is -2.29. The van der Waals surface area contributed by atoms with Gasteiger partial charge in [0.05, 0.1) is 0 Å². The van der Waals surface area contributed by atoms with Crippen molar-refractivity contribution in [1.82, 2.24) is 5.32 Å². The van der Waals surface area contributed by atoms with Crippen LogP contribution in [0.2, 0.25) is 10.0 Å². The van der Waals surface area contributed by atoms with Crippen LogP contribution in [0, 0.1) is 0 Å². The van der Waals surface area contributed by atoms with Crippen LogP contribution in [0.5, 0.6) is 0 Å². The van der Waals surface area contributed by atoms with E-state index in [4.69, 9.17) is 23.2 Å². The van der Waals surface area contributed by atoms with Crippen molar-refractivity contribution in [3.05, 3.63) is 28.2 Å². The zero-order chi connectivity index (χ0) is 10.8. The second-order valence-corrected chi connectivity index (χ2v) is 4.31. The van der Waals surface area contributed by atoms with Gasteiger partial charge in [0.15, 0.2) is 0 Å². The molecule has 1 atom stereocenters. The topological polar surface area (TPSA) is 41.1 Å². The van der Waals surface area contributed by atoms with Gasteiger partial charge in [0.1, 0.15) is 6.04 Å². The molecule has 1 aliphatic heterocycles. The summed E-state index contributed by atoms with van der Waals surface area (Å²) in [5.74, 6) is 0.0195. The van der Waals surface area contributed by atoms with Crippen LogP contribution >= 0.6 is 23.2 Å². The standard InChI is InChI=1S/C10H10Cl2N2O/c11-6-3-7(12)5-8(4-6)14-9-1-2-13-10(9)15/h3-5,9,14H,1-2H2,(H,13,15). The number of halogens is 2. The molecule has 1 fully saturated rings. The Balaban J connectivity index is 2.13. The van der Waals surface area contributed by atoms with Crippen LogP contribution in [0.4, 0.5) is 5.69 Å². The van der Waals surface area contributed by atoms with Crippen molar-refractivity contribution in [1.29, 1.82) is 0 Å². The van der Waals surface area contributed by atoms with Crippen molar-refractivity contribution in [3.63, 3.8) is 0 Å². The Morgan fingerprint density at radius 3 is 2.47 bits per heavy atom. The summed E-state index contributed by atoms with van der Waals surface area (Å²) < 4.78 is 0. The maximum absolute atomic E-state index is 11.3. The zero-order valence-corrected chi connectivity index (χ0v) is 9.40. The number of hydrogen-bond acceptors (Lipinski definition) is 2. The molecule has 0 spiro atoms. The number of anilines is 1. The van der Waals surface area contributed by atoms with E-state index < -0.39 is 0 Å². The van der Waals surface area contributed by atoms with Crippen molar-refractivity contribution in [2.75, 3.05) is 11.9 Å². The molecule has 2 N–H and O–H groups in total. The third kappa shape index (κ3) is 2.55. The van der Waals surface area contributed by atoms with Gasteiger partial charge in [0.25, 0.3) is 0 Å². The van der Waals surface area contributed by atoms with Crippen LogP contribution in [0.15, 0.2) is 18.2 Å². The number of amides is 1. The molecule has 1 unspecified atom stereocenters. The molecule has 1 amide bonds. The SMILES string of the molecule is O=C1NCCC1Nc1cc(Cl)cc(Cl)c1. The van der Waals surface area contributed by atoms with Crippen molar-refractivity contribution >= 4 is 34.8 Å². The molecule has 5 heteroatoms. The van der Waals surface area contributed by atoms with E-state index in [-0.39, 0.29) is 11.9 Å². The summed E-state index contributed by atoms with van der Waals surface area (Å²) >= 11 is 11.7. The number of benzene rings is 1. The molecular weight excluding hydrogens is 235 g/mol. The van der Waals surface area contributed by atoms with E-state index in [9.17, 15) is 4.79 Å². The number of carbonyl (C=O) groups excluding carboxylic acids is 1. The molecule has 2 rings (SSSR count). The van der Waals surface area contributed by atoms with E-state index in [1.807, 2.05) is 0 Å². The third-order valence-corrected chi connectivity index (χ3v) is 2.69. The fraction of sp³-hybridized carbons (Fsp3) is 0.300. The predicted molar refractivity (Wildman–Crippen MR) is 61.5 cm³/mol. The van der Waals surface area contributed by atoms with E-state index in [2.05, 4.69) is 10.6 Å².